The minimum absolute atomic E-state index is 0.0315. The monoisotopic (exact) mass is 306 g/mol. The number of carboxylic acids is 1. The number of hydrogen-bond donors (Lipinski definition) is 2. The maximum absolute atomic E-state index is 12.4. The molecule has 1 aliphatic rings. The van der Waals surface area contributed by atoms with E-state index in [0.717, 1.165) is 0 Å². The molecule has 0 saturated heterocycles. The summed E-state index contributed by atoms with van der Waals surface area (Å²) in [7, 11) is 0. The predicted octanol–water partition coefficient (Wildman–Crippen LogP) is 0.782. The number of fused-ring (bicyclic) bond motifs is 1. The van der Waals surface area contributed by atoms with Crippen LogP contribution in [0.3, 0.4) is 0 Å². The van der Waals surface area contributed by atoms with Gasteiger partial charge in [0, 0.05) is 13.0 Å². The minimum atomic E-state index is -1.10. The van der Waals surface area contributed by atoms with Gasteiger partial charge in [0.15, 0.2) is 6.10 Å². The van der Waals surface area contributed by atoms with E-state index in [0.29, 0.717) is 17.9 Å². The first kappa shape index (κ1) is 15.8. The zero-order chi connectivity index (χ0) is 16.1. The van der Waals surface area contributed by atoms with Crippen LogP contribution in [-0.4, -0.2) is 42.1 Å². The lowest BCUT2D eigenvalue weighted by molar-refractivity contribution is -0.138. The zero-order valence-corrected chi connectivity index (χ0v) is 12.2. The Hall–Kier alpha value is -2.57. The molecule has 2 rings (SSSR count). The van der Waals surface area contributed by atoms with Gasteiger partial charge in [-0.25, -0.2) is 0 Å². The van der Waals surface area contributed by atoms with Gasteiger partial charge in [-0.15, -0.1) is 0 Å². The predicted molar refractivity (Wildman–Crippen MR) is 78.8 cm³/mol. The molecule has 1 aliphatic heterocycles. The fourth-order valence-electron chi connectivity index (χ4n) is 2.24. The Morgan fingerprint density at radius 3 is 2.77 bits per heavy atom. The van der Waals surface area contributed by atoms with Crippen LogP contribution in [0.25, 0.3) is 0 Å². The van der Waals surface area contributed by atoms with Gasteiger partial charge in [-0.2, -0.15) is 0 Å². The van der Waals surface area contributed by atoms with Crippen LogP contribution in [0.1, 0.15) is 19.8 Å². The van der Waals surface area contributed by atoms with E-state index in [1.54, 1.807) is 18.2 Å². The molecule has 7 nitrogen and oxygen atoms in total. The Kier molecular flexibility index (Phi) is 4.98. The second kappa shape index (κ2) is 6.93. The molecule has 0 spiro atoms. The number of carboxylic acid groups (broad SMARTS) is 1. The Balaban J connectivity index is 2.06. The van der Waals surface area contributed by atoms with E-state index >= 15 is 0 Å². The van der Waals surface area contributed by atoms with Gasteiger partial charge in [-0.05, 0) is 18.6 Å². The third-order valence-electron chi connectivity index (χ3n) is 3.34. The number of anilines is 1. The van der Waals surface area contributed by atoms with Gasteiger partial charge in [0.05, 0.1) is 5.69 Å². The van der Waals surface area contributed by atoms with Gasteiger partial charge < -0.3 is 20.1 Å². The van der Waals surface area contributed by atoms with Crippen LogP contribution >= 0.6 is 0 Å². The van der Waals surface area contributed by atoms with Crippen LogP contribution in [0.4, 0.5) is 5.69 Å². The summed E-state index contributed by atoms with van der Waals surface area (Å²) in [5.41, 5.74) is 0.628. The first-order chi connectivity index (χ1) is 10.5. The van der Waals surface area contributed by atoms with E-state index < -0.39 is 24.5 Å². The summed E-state index contributed by atoms with van der Waals surface area (Å²) in [4.78, 5) is 35.9. The Bertz CT molecular complexity index is 587. The summed E-state index contributed by atoms with van der Waals surface area (Å²) >= 11 is 0. The maximum atomic E-state index is 12.4. The molecule has 22 heavy (non-hydrogen) atoms. The van der Waals surface area contributed by atoms with Crippen LogP contribution in [0.2, 0.25) is 0 Å². The molecular weight excluding hydrogens is 288 g/mol. The van der Waals surface area contributed by atoms with E-state index in [1.807, 2.05) is 13.0 Å². The molecule has 1 heterocycles. The van der Waals surface area contributed by atoms with Crippen LogP contribution in [-0.2, 0) is 14.4 Å². The van der Waals surface area contributed by atoms with Crippen LogP contribution in [0.15, 0.2) is 24.3 Å². The van der Waals surface area contributed by atoms with Gasteiger partial charge in [0.2, 0.25) is 5.91 Å². The number of para-hydroxylation sites is 2. The molecule has 0 aromatic heterocycles. The number of aliphatic carboxylic acids is 1. The van der Waals surface area contributed by atoms with Gasteiger partial charge >= 0.3 is 5.97 Å². The van der Waals surface area contributed by atoms with Crippen molar-refractivity contribution < 1.29 is 24.2 Å². The number of carbonyl (C=O) groups excluding carboxylic acids is 2. The van der Waals surface area contributed by atoms with Gasteiger partial charge in [-0.1, -0.05) is 19.1 Å². The lowest BCUT2D eigenvalue weighted by Gasteiger charge is -2.33. The number of carbonyl (C=O) groups is 3. The Labute approximate surface area is 127 Å². The zero-order valence-electron chi connectivity index (χ0n) is 12.2. The molecule has 7 heteroatoms. The quantitative estimate of drug-likeness (QED) is 0.809. The van der Waals surface area contributed by atoms with Gasteiger partial charge in [0.1, 0.15) is 12.3 Å². The molecule has 1 unspecified atom stereocenters. The Morgan fingerprint density at radius 1 is 1.36 bits per heavy atom. The summed E-state index contributed by atoms with van der Waals surface area (Å²) in [6.45, 7) is 1.61. The fourth-order valence-corrected chi connectivity index (χ4v) is 2.24. The number of hydrogen-bond acceptors (Lipinski definition) is 4. The molecule has 1 aromatic carbocycles. The van der Waals surface area contributed by atoms with Crippen molar-refractivity contribution >= 4 is 23.5 Å². The number of benzene rings is 1. The number of nitrogens with zero attached hydrogens (tertiary/aromatic N) is 1. The third kappa shape index (κ3) is 3.55. The number of ether oxygens (including phenoxy) is 1. The molecule has 0 saturated carbocycles. The lowest BCUT2D eigenvalue weighted by atomic mass is 10.1. The molecule has 118 valence electrons. The van der Waals surface area contributed by atoms with Crippen molar-refractivity contribution in [1.29, 1.82) is 0 Å². The number of rotatable bonds is 6. The highest BCUT2D eigenvalue weighted by Crippen LogP contribution is 2.34. The number of nitrogens with one attached hydrogen (secondary N) is 1. The first-order valence-electron chi connectivity index (χ1n) is 7.08. The highest BCUT2D eigenvalue weighted by atomic mass is 16.5. The molecule has 1 aromatic rings. The Morgan fingerprint density at radius 2 is 2.09 bits per heavy atom. The van der Waals surface area contributed by atoms with Gasteiger partial charge in [-0.3, -0.25) is 14.4 Å². The van der Waals surface area contributed by atoms with E-state index in [9.17, 15) is 14.4 Å². The van der Waals surface area contributed by atoms with E-state index in [4.69, 9.17) is 9.84 Å². The van der Waals surface area contributed by atoms with E-state index in [-0.39, 0.29) is 18.9 Å². The average molecular weight is 306 g/mol. The highest BCUT2D eigenvalue weighted by Gasteiger charge is 2.33. The molecule has 2 amide bonds. The lowest BCUT2D eigenvalue weighted by Crippen LogP contribution is -2.47. The van der Waals surface area contributed by atoms with Crippen molar-refractivity contribution in [3.63, 3.8) is 0 Å². The number of amides is 2. The van der Waals surface area contributed by atoms with E-state index in [1.165, 1.54) is 4.90 Å². The minimum Gasteiger partial charge on any atom is -0.480 e. The molecule has 2 N–H and O–H groups in total. The summed E-state index contributed by atoms with van der Waals surface area (Å²) in [5, 5.41) is 10.8. The summed E-state index contributed by atoms with van der Waals surface area (Å²) in [5.74, 6) is -1.09. The summed E-state index contributed by atoms with van der Waals surface area (Å²) in [6.07, 6.45) is 0.00977. The highest BCUT2D eigenvalue weighted by molar-refractivity contribution is 6.00. The fraction of sp³-hybridized carbons (Fsp3) is 0.400. The van der Waals surface area contributed by atoms with Crippen molar-refractivity contribution in [2.24, 2.45) is 0 Å². The third-order valence-corrected chi connectivity index (χ3v) is 3.34. The first-order valence-corrected chi connectivity index (χ1v) is 7.08. The summed E-state index contributed by atoms with van der Waals surface area (Å²) < 4.78 is 5.64. The molecule has 0 bridgehead atoms. The van der Waals surface area contributed by atoms with Crippen molar-refractivity contribution in [3.05, 3.63) is 24.3 Å². The largest absolute Gasteiger partial charge is 0.480 e. The van der Waals surface area contributed by atoms with Crippen molar-refractivity contribution in [1.82, 2.24) is 5.32 Å². The van der Waals surface area contributed by atoms with Crippen LogP contribution < -0.4 is 15.0 Å². The second-order valence-electron chi connectivity index (χ2n) is 4.89. The smallest absolute Gasteiger partial charge is 0.322 e. The van der Waals surface area contributed by atoms with Gasteiger partial charge in [0.25, 0.3) is 5.91 Å². The average Bonchev–Trinajstić information content (AvgIpc) is 2.51. The molecule has 0 aliphatic carbocycles. The standard InChI is InChI=1S/C15H18N2O5/c1-2-11-15(21)17(8-7-13(18)16-9-14(19)20)10-5-3-4-6-12(10)22-11/h3-6,11H,2,7-9H2,1H3,(H,16,18)(H,19,20). The summed E-state index contributed by atoms with van der Waals surface area (Å²) in [6, 6.07) is 7.15. The van der Waals surface area contributed by atoms with Crippen molar-refractivity contribution in [2.45, 2.75) is 25.9 Å². The molecule has 1 atom stereocenters. The molecular formula is C15H18N2O5. The molecule has 0 fully saturated rings. The van der Waals surface area contributed by atoms with Crippen molar-refractivity contribution in [2.75, 3.05) is 18.0 Å². The normalized spacial score (nSPS) is 16.7. The topological polar surface area (TPSA) is 95.9 Å². The molecule has 0 radical (unpaired) electrons. The van der Waals surface area contributed by atoms with E-state index in [2.05, 4.69) is 5.32 Å². The van der Waals surface area contributed by atoms with Crippen molar-refractivity contribution in [3.8, 4) is 5.75 Å². The van der Waals surface area contributed by atoms with Crippen LogP contribution in [0, 0.1) is 0 Å². The van der Waals surface area contributed by atoms with Crippen LogP contribution in [0.5, 0.6) is 5.75 Å². The maximum Gasteiger partial charge on any atom is 0.322 e. The second-order valence-corrected chi connectivity index (χ2v) is 4.89. The SMILES string of the molecule is CCC1Oc2ccccc2N(CCC(=O)NCC(=O)O)C1=O.